The SMILES string of the molecule is O=C(O)c1ccc(N2CC3CCCC3C2)cc1. The topological polar surface area (TPSA) is 40.5 Å². The number of rotatable bonds is 2. The van der Waals surface area contributed by atoms with Gasteiger partial charge in [-0.2, -0.15) is 0 Å². The van der Waals surface area contributed by atoms with Crippen molar-refractivity contribution in [3.05, 3.63) is 29.8 Å². The lowest BCUT2D eigenvalue weighted by Gasteiger charge is -2.19. The summed E-state index contributed by atoms with van der Waals surface area (Å²) >= 11 is 0. The van der Waals surface area contributed by atoms with Gasteiger partial charge in [0.25, 0.3) is 0 Å². The highest BCUT2D eigenvalue weighted by Gasteiger charge is 2.35. The Kier molecular flexibility index (Phi) is 2.54. The van der Waals surface area contributed by atoms with E-state index in [1.807, 2.05) is 12.1 Å². The van der Waals surface area contributed by atoms with Gasteiger partial charge in [-0.1, -0.05) is 6.42 Å². The van der Waals surface area contributed by atoms with Crippen LogP contribution in [0.15, 0.2) is 24.3 Å². The number of hydrogen-bond donors (Lipinski definition) is 1. The molecule has 2 unspecified atom stereocenters. The first-order chi connectivity index (χ1) is 8.24. The first kappa shape index (κ1) is 10.6. The van der Waals surface area contributed by atoms with Crippen molar-refractivity contribution in [2.45, 2.75) is 19.3 Å². The molecule has 2 atom stereocenters. The van der Waals surface area contributed by atoms with Crippen molar-refractivity contribution in [2.24, 2.45) is 11.8 Å². The summed E-state index contributed by atoms with van der Waals surface area (Å²) in [6, 6.07) is 7.27. The van der Waals surface area contributed by atoms with E-state index in [-0.39, 0.29) is 0 Å². The van der Waals surface area contributed by atoms with E-state index in [2.05, 4.69) is 4.90 Å². The number of anilines is 1. The number of benzene rings is 1. The van der Waals surface area contributed by atoms with Crippen LogP contribution in [-0.4, -0.2) is 24.2 Å². The average molecular weight is 231 g/mol. The second kappa shape index (κ2) is 4.06. The maximum atomic E-state index is 10.8. The number of carbonyl (C=O) groups is 1. The van der Waals surface area contributed by atoms with Gasteiger partial charge in [0, 0.05) is 18.8 Å². The Morgan fingerprint density at radius 3 is 2.24 bits per heavy atom. The van der Waals surface area contributed by atoms with Crippen LogP contribution in [0.1, 0.15) is 29.6 Å². The van der Waals surface area contributed by atoms with Crippen LogP contribution in [0.4, 0.5) is 5.69 Å². The van der Waals surface area contributed by atoms with E-state index in [0.29, 0.717) is 5.56 Å². The zero-order valence-corrected chi connectivity index (χ0v) is 9.80. The van der Waals surface area contributed by atoms with Crippen LogP contribution in [-0.2, 0) is 0 Å². The van der Waals surface area contributed by atoms with Crippen molar-refractivity contribution in [2.75, 3.05) is 18.0 Å². The van der Waals surface area contributed by atoms with Crippen LogP contribution < -0.4 is 4.90 Å². The van der Waals surface area contributed by atoms with E-state index in [9.17, 15) is 4.79 Å². The smallest absolute Gasteiger partial charge is 0.335 e. The van der Waals surface area contributed by atoms with Crippen molar-refractivity contribution in [3.8, 4) is 0 Å². The summed E-state index contributed by atoms with van der Waals surface area (Å²) in [5.41, 5.74) is 1.54. The summed E-state index contributed by atoms with van der Waals surface area (Å²) in [6.45, 7) is 2.30. The predicted molar refractivity (Wildman–Crippen MR) is 66.4 cm³/mol. The number of carboxylic acids is 1. The Labute approximate surface area is 101 Å². The molecule has 17 heavy (non-hydrogen) atoms. The largest absolute Gasteiger partial charge is 0.478 e. The molecule has 2 aliphatic rings. The molecule has 0 amide bonds. The van der Waals surface area contributed by atoms with Gasteiger partial charge in [-0.3, -0.25) is 0 Å². The second-order valence-electron chi connectivity index (χ2n) is 5.21. The second-order valence-corrected chi connectivity index (χ2v) is 5.21. The number of hydrogen-bond acceptors (Lipinski definition) is 2. The summed E-state index contributed by atoms with van der Waals surface area (Å²) < 4.78 is 0. The minimum atomic E-state index is -0.852. The van der Waals surface area contributed by atoms with Crippen LogP contribution in [0.2, 0.25) is 0 Å². The molecule has 90 valence electrons. The van der Waals surface area contributed by atoms with E-state index in [4.69, 9.17) is 5.11 Å². The standard InChI is InChI=1S/C14H17NO2/c16-14(17)10-4-6-13(7-5-10)15-8-11-2-1-3-12(11)9-15/h4-7,11-12H,1-3,8-9H2,(H,16,17). The Morgan fingerprint density at radius 2 is 1.71 bits per heavy atom. The third kappa shape index (κ3) is 1.90. The molecule has 3 heteroatoms. The molecule has 1 N–H and O–H groups in total. The minimum Gasteiger partial charge on any atom is -0.478 e. The maximum Gasteiger partial charge on any atom is 0.335 e. The van der Waals surface area contributed by atoms with Gasteiger partial charge in [0.15, 0.2) is 0 Å². The van der Waals surface area contributed by atoms with Gasteiger partial charge in [-0.25, -0.2) is 4.79 Å². The lowest BCUT2D eigenvalue weighted by Crippen LogP contribution is -2.20. The van der Waals surface area contributed by atoms with Gasteiger partial charge >= 0.3 is 5.97 Å². The van der Waals surface area contributed by atoms with Crippen molar-refractivity contribution in [1.29, 1.82) is 0 Å². The van der Waals surface area contributed by atoms with Crippen LogP contribution in [0.5, 0.6) is 0 Å². The van der Waals surface area contributed by atoms with Crippen LogP contribution >= 0.6 is 0 Å². The number of aromatic carboxylic acids is 1. The highest BCUT2D eigenvalue weighted by atomic mass is 16.4. The molecule has 1 aliphatic heterocycles. The molecule has 1 saturated carbocycles. The average Bonchev–Trinajstić information content (AvgIpc) is 2.89. The molecule has 1 aromatic carbocycles. The molecule has 0 radical (unpaired) electrons. The van der Waals surface area contributed by atoms with Crippen molar-refractivity contribution in [1.82, 2.24) is 0 Å². The quantitative estimate of drug-likeness (QED) is 0.850. The van der Waals surface area contributed by atoms with Gasteiger partial charge in [0.1, 0.15) is 0 Å². The summed E-state index contributed by atoms with van der Waals surface area (Å²) in [7, 11) is 0. The predicted octanol–water partition coefficient (Wildman–Crippen LogP) is 2.62. The first-order valence-electron chi connectivity index (χ1n) is 6.32. The lowest BCUT2D eigenvalue weighted by atomic mass is 10.0. The molecular formula is C14H17NO2. The Balaban J connectivity index is 1.75. The number of fused-ring (bicyclic) bond motifs is 1. The van der Waals surface area contributed by atoms with E-state index < -0.39 is 5.97 Å². The molecule has 3 rings (SSSR count). The van der Waals surface area contributed by atoms with Gasteiger partial charge in [-0.15, -0.1) is 0 Å². The third-order valence-corrected chi connectivity index (χ3v) is 4.21. The number of nitrogens with zero attached hydrogens (tertiary/aromatic N) is 1. The molecule has 0 spiro atoms. The summed E-state index contributed by atoms with van der Waals surface area (Å²) in [5.74, 6) is 0.887. The van der Waals surface area contributed by atoms with Crippen LogP contribution in [0.25, 0.3) is 0 Å². The van der Waals surface area contributed by atoms with Crippen LogP contribution in [0.3, 0.4) is 0 Å². The summed E-state index contributed by atoms with van der Waals surface area (Å²) in [5, 5.41) is 8.86. The van der Waals surface area contributed by atoms with Gasteiger partial charge in [0.2, 0.25) is 0 Å². The third-order valence-electron chi connectivity index (χ3n) is 4.21. The highest BCUT2D eigenvalue weighted by molar-refractivity contribution is 5.88. The van der Waals surface area contributed by atoms with Crippen molar-refractivity contribution < 1.29 is 9.90 Å². The fraction of sp³-hybridized carbons (Fsp3) is 0.500. The molecule has 1 aromatic rings. The monoisotopic (exact) mass is 231 g/mol. The molecule has 1 heterocycles. The Hall–Kier alpha value is -1.51. The van der Waals surface area contributed by atoms with Crippen molar-refractivity contribution in [3.63, 3.8) is 0 Å². The molecule has 3 nitrogen and oxygen atoms in total. The highest BCUT2D eigenvalue weighted by Crippen LogP contribution is 2.39. The molecule has 0 aromatic heterocycles. The molecule has 1 aliphatic carbocycles. The molecule has 0 bridgehead atoms. The number of carboxylic acid groups (broad SMARTS) is 1. The first-order valence-corrected chi connectivity index (χ1v) is 6.32. The fourth-order valence-electron chi connectivity index (χ4n) is 3.26. The van der Waals surface area contributed by atoms with Gasteiger partial charge in [0.05, 0.1) is 5.56 Å². The fourth-order valence-corrected chi connectivity index (χ4v) is 3.26. The Morgan fingerprint density at radius 1 is 1.12 bits per heavy atom. The summed E-state index contributed by atoms with van der Waals surface area (Å²) in [4.78, 5) is 13.2. The van der Waals surface area contributed by atoms with E-state index in [0.717, 1.165) is 24.9 Å². The van der Waals surface area contributed by atoms with Crippen LogP contribution in [0, 0.1) is 11.8 Å². The minimum absolute atomic E-state index is 0.369. The molecular weight excluding hydrogens is 214 g/mol. The maximum absolute atomic E-state index is 10.8. The van der Waals surface area contributed by atoms with E-state index >= 15 is 0 Å². The lowest BCUT2D eigenvalue weighted by molar-refractivity contribution is 0.0697. The molecule has 2 fully saturated rings. The van der Waals surface area contributed by atoms with Crippen molar-refractivity contribution >= 4 is 11.7 Å². The normalized spacial score (nSPS) is 27.2. The van der Waals surface area contributed by atoms with Gasteiger partial charge in [-0.05, 0) is 48.9 Å². The Bertz CT molecular complexity index is 414. The van der Waals surface area contributed by atoms with E-state index in [1.54, 1.807) is 12.1 Å². The summed E-state index contributed by atoms with van der Waals surface area (Å²) in [6.07, 6.45) is 4.13. The molecule has 1 saturated heterocycles. The van der Waals surface area contributed by atoms with Gasteiger partial charge < -0.3 is 10.0 Å². The zero-order valence-electron chi connectivity index (χ0n) is 9.80. The zero-order chi connectivity index (χ0) is 11.8. The van der Waals surface area contributed by atoms with E-state index in [1.165, 1.54) is 24.9 Å².